The standard InChI is InChI=1S/C16H12FNO4/c1-21-13-4-2-3-12-14(13)15(19)22-16(20)18(12)9-10-5-7-11(17)8-6-10/h2-8H,9H2,1H3. The van der Waals surface area contributed by atoms with Gasteiger partial charge in [-0.3, -0.25) is 4.57 Å². The molecule has 0 amide bonds. The van der Waals surface area contributed by atoms with Gasteiger partial charge in [-0.2, -0.15) is 0 Å². The molecule has 0 aliphatic heterocycles. The van der Waals surface area contributed by atoms with E-state index >= 15 is 0 Å². The third-order valence-corrected chi connectivity index (χ3v) is 3.37. The fourth-order valence-electron chi connectivity index (χ4n) is 2.33. The second-order valence-corrected chi connectivity index (χ2v) is 4.72. The highest BCUT2D eigenvalue weighted by Crippen LogP contribution is 2.21. The fourth-order valence-corrected chi connectivity index (χ4v) is 2.33. The average Bonchev–Trinajstić information content (AvgIpc) is 2.52. The van der Waals surface area contributed by atoms with Crippen LogP contribution in [0.1, 0.15) is 5.56 Å². The van der Waals surface area contributed by atoms with Gasteiger partial charge in [0.25, 0.3) is 0 Å². The first kappa shape index (κ1) is 14.1. The van der Waals surface area contributed by atoms with Crippen LogP contribution in [0.5, 0.6) is 5.75 Å². The Balaban J connectivity index is 2.23. The fraction of sp³-hybridized carbons (Fsp3) is 0.125. The third kappa shape index (κ3) is 2.39. The summed E-state index contributed by atoms with van der Waals surface area (Å²) in [4.78, 5) is 23.9. The maximum absolute atomic E-state index is 13.0. The number of hydrogen-bond donors (Lipinski definition) is 0. The van der Waals surface area contributed by atoms with Crippen LogP contribution in [-0.4, -0.2) is 11.7 Å². The topological polar surface area (TPSA) is 61.4 Å². The molecule has 3 rings (SSSR count). The number of ether oxygens (including phenoxy) is 1. The van der Waals surface area contributed by atoms with Crippen molar-refractivity contribution in [2.45, 2.75) is 6.54 Å². The molecule has 0 spiro atoms. The van der Waals surface area contributed by atoms with Crippen molar-refractivity contribution in [1.82, 2.24) is 4.57 Å². The highest BCUT2D eigenvalue weighted by Gasteiger charge is 2.13. The molecule has 0 saturated heterocycles. The predicted octanol–water partition coefficient (Wildman–Crippen LogP) is 2.15. The summed E-state index contributed by atoms with van der Waals surface area (Å²) < 4.78 is 24.2. The maximum atomic E-state index is 13.0. The highest BCUT2D eigenvalue weighted by atomic mass is 19.1. The lowest BCUT2D eigenvalue weighted by Gasteiger charge is -2.10. The van der Waals surface area contributed by atoms with Crippen molar-refractivity contribution < 1.29 is 13.5 Å². The predicted molar refractivity (Wildman–Crippen MR) is 78.8 cm³/mol. The van der Waals surface area contributed by atoms with E-state index in [2.05, 4.69) is 0 Å². The monoisotopic (exact) mass is 301 g/mol. The summed E-state index contributed by atoms with van der Waals surface area (Å²) in [6.07, 6.45) is 0. The molecule has 5 nitrogen and oxygen atoms in total. The van der Waals surface area contributed by atoms with Gasteiger partial charge in [0.05, 0.1) is 19.2 Å². The van der Waals surface area contributed by atoms with E-state index in [1.54, 1.807) is 30.3 Å². The van der Waals surface area contributed by atoms with Crippen LogP contribution in [0, 0.1) is 5.82 Å². The summed E-state index contributed by atoms with van der Waals surface area (Å²) in [6, 6.07) is 10.7. The van der Waals surface area contributed by atoms with Gasteiger partial charge >= 0.3 is 11.4 Å². The SMILES string of the molecule is COc1cccc2c1c(=O)oc(=O)n2Cc1ccc(F)cc1. The Hall–Kier alpha value is -2.89. The Kier molecular flexibility index (Phi) is 3.50. The van der Waals surface area contributed by atoms with Gasteiger partial charge in [0.2, 0.25) is 0 Å². The Morgan fingerprint density at radius 3 is 2.55 bits per heavy atom. The molecule has 1 heterocycles. The second-order valence-electron chi connectivity index (χ2n) is 4.72. The minimum absolute atomic E-state index is 0.159. The lowest BCUT2D eigenvalue weighted by Crippen LogP contribution is -2.25. The van der Waals surface area contributed by atoms with Gasteiger partial charge in [0.15, 0.2) is 0 Å². The zero-order valence-electron chi connectivity index (χ0n) is 11.7. The molecule has 0 aliphatic rings. The van der Waals surface area contributed by atoms with E-state index in [9.17, 15) is 14.0 Å². The first-order chi connectivity index (χ1) is 10.6. The maximum Gasteiger partial charge on any atom is 0.422 e. The normalized spacial score (nSPS) is 10.8. The van der Waals surface area contributed by atoms with E-state index in [1.807, 2.05) is 0 Å². The Morgan fingerprint density at radius 1 is 1.14 bits per heavy atom. The molecule has 1 aromatic heterocycles. The third-order valence-electron chi connectivity index (χ3n) is 3.37. The van der Waals surface area contributed by atoms with E-state index in [1.165, 1.54) is 23.8 Å². The first-order valence-corrected chi connectivity index (χ1v) is 6.55. The molecule has 0 saturated carbocycles. The molecule has 0 bridgehead atoms. The molecule has 0 radical (unpaired) electrons. The molecule has 0 aliphatic carbocycles. The van der Waals surface area contributed by atoms with Gasteiger partial charge in [-0.25, -0.2) is 14.0 Å². The van der Waals surface area contributed by atoms with E-state index < -0.39 is 11.4 Å². The quantitative estimate of drug-likeness (QED) is 0.743. The van der Waals surface area contributed by atoms with Gasteiger partial charge < -0.3 is 9.15 Å². The van der Waals surface area contributed by atoms with E-state index in [-0.39, 0.29) is 17.7 Å². The van der Waals surface area contributed by atoms with Crippen LogP contribution in [0.15, 0.2) is 56.5 Å². The van der Waals surface area contributed by atoms with Crippen LogP contribution in [0.2, 0.25) is 0 Å². The van der Waals surface area contributed by atoms with Crippen molar-refractivity contribution >= 4 is 10.9 Å². The molecule has 0 atom stereocenters. The minimum atomic E-state index is -0.768. The number of aromatic nitrogens is 1. The van der Waals surface area contributed by atoms with Gasteiger partial charge in [0, 0.05) is 0 Å². The summed E-state index contributed by atoms with van der Waals surface area (Å²) in [5.41, 5.74) is 0.374. The van der Waals surface area contributed by atoms with Crippen molar-refractivity contribution in [3.8, 4) is 5.75 Å². The Bertz CT molecular complexity index is 941. The number of rotatable bonds is 3. The molecular weight excluding hydrogens is 289 g/mol. The molecule has 0 fully saturated rings. The first-order valence-electron chi connectivity index (χ1n) is 6.55. The molecule has 22 heavy (non-hydrogen) atoms. The van der Waals surface area contributed by atoms with E-state index in [4.69, 9.17) is 9.15 Å². The minimum Gasteiger partial charge on any atom is -0.496 e. The molecule has 0 N–H and O–H groups in total. The number of methoxy groups -OCH3 is 1. The average molecular weight is 301 g/mol. The lowest BCUT2D eigenvalue weighted by atomic mass is 10.2. The Labute approximate surface area is 124 Å². The summed E-state index contributed by atoms with van der Waals surface area (Å²) in [6.45, 7) is 0.159. The smallest absolute Gasteiger partial charge is 0.422 e. The van der Waals surface area contributed by atoms with Crippen LogP contribution in [0.3, 0.4) is 0 Å². The largest absolute Gasteiger partial charge is 0.496 e. The van der Waals surface area contributed by atoms with Crippen LogP contribution < -0.4 is 16.1 Å². The molecular formula is C16H12FNO4. The van der Waals surface area contributed by atoms with Crippen LogP contribution in [-0.2, 0) is 6.54 Å². The second kappa shape index (κ2) is 5.48. The summed E-state index contributed by atoms with van der Waals surface area (Å²) in [5, 5.41) is 0.201. The van der Waals surface area contributed by atoms with E-state index in [0.29, 0.717) is 16.8 Å². The molecule has 2 aromatic carbocycles. The molecule has 112 valence electrons. The van der Waals surface area contributed by atoms with Gasteiger partial charge in [-0.15, -0.1) is 0 Å². The number of halogens is 1. The van der Waals surface area contributed by atoms with Gasteiger partial charge in [-0.05, 0) is 29.8 Å². The van der Waals surface area contributed by atoms with Crippen molar-refractivity contribution in [1.29, 1.82) is 0 Å². The summed E-state index contributed by atoms with van der Waals surface area (Å²) >= 11 is 0. The van der Waals surface area contributed by atoms with Crippen LogP contribution in [0.4, 0.5) is 4.39 Å². The van der Waals surface area contributed by atoms with Crippen LogP contribution >= 0.6 is 0 Å². The molecule has 6 heteroatoms. The number of hydrogen-bond acceptors (Lipinski definition) is 4. The highest BCUT2D eigenvalue weighted by molar-refractivity contribution is 5.84. The molecule has 3 aromatic rings. The zero-order valence-corrected chi connectivity index (χ0v) is 11.7. The molecule has 0 unspecified atom stereocenters. The van der Waals surface area contributed by atoms with Crippen LogP contribution in [0.25, 0.3) is 10.9 Å². The number of benzene rings is 2. The van der Waals surface area contributed by atoms with Crippen molar-refractivity contribution in [2.24, 2.45) is 0 Å². The number of fused-ring (bicyclic) bond motifs is 1. The van der Waals surface area contributed by atoms with Gasteiger partial charge in [0.1, 0.15) is 17.0 Å². The lowest BCUT2D eigenvalue weighted by molar-refractivity contribution is 0.404. The Morgan fingerprint density at radius 2 is 1.86 bits per heavy atom. The van der Waals surface area contributed by atoms with Crippen molar-refractivity contribution in [3.05, 3.63) is 74.8 Å². The summed E-state index contributed by atoms with van der Waals surface area (Å²) in [5.74, 6) is -0.795. The van der Waals surface area contributed by atoms with Crippen molar-refractivity contribution in [2.75, 3.05) is 7.11 Å². The van der Waals surface area contributed by atoms with Gasteiger partial charge in [-0.1, -0.05) is 18.2 Å². The van der Waals surface area contributed by atoms with E-state index in [0.717, 1.165) is 0 Å². The summed E-state index contributed by atoms with van der Waals surface area (Å²) in [7, 11) is 1.43. The zero-order chi connectivity index (χ0) is 15.7. The van der Waals surface area contributed by atoms with Crippen molar-refractivity contribution in [3.63, 3.8) is 0 Å². The number of nitrogens with zero attached hydrogens (tertiary/aromatic N) is 1.